The summed E-state index contributed by atoms with van der Waals surface area (Å²) in [6.07, 6.45) is 1.54. The summed E-state index contributed by atoms with van der Waals surface area (Å²) in [7, 11) is 0. The highest BCUT2D eigenvalue weighted by molar-refractivity contribution is 7.81. The standard InChI is InChI=1S/C10H7ClN2OS/c11-7-4-2-1-3-6(7)9(15)8-5-12-10(14)13-8/h1-5H,(H2,12,13,14). The number of rotatable bonds is 2. The maximum Gasteiger partial charge on any atom is 0.323 e. The van der Waals surface area contributed by atoms with Crippen molar-refractivity contribution < 1.29 is 0 Å². The van der Waals surface area contributed by atoms with E-state index in [9.17, 15) is 4.79 Å². The topological polar surface area (TPSA) is 48.6 Å². The van der Waals surface area contributed by atoms with Gasteiger partial charge in [0.1, 0.15) is 0 Å². The summed E-state index contributed by atoms with van der Waals surface area (Å²) in [6, 6.07) is 7.25. The fourth-order valence-electron chi connectivity index (χ4n) is 1.24. The Kier molecular flexibility index (Phi) is 2.70. The van der Waals surface area contributed by atoms with Crippen LogP contribution in [0.3, 0.4) is 0 Å². The molecule has 0 unspecified atom stereocenters. The van der Waals surface area contributed by atoms with Gasteiger partial charge in [0.2, 0.25) is 0 Å². The summed E-state index contributed by atoms with van der Waals surface area (Å²) in [5.74, 6) is 0. The lowest BCUT2D eigenvalue weighted by molar-refractivity contribution is 1.19. The first-order valence-corrected chi connectivity index (χ1v) is 5.04. The average molecular weight is 239 g/mol. The van der Waals surface area contributed by atoms with Gasteiger partial charge in [0, 0.05) is 16.8 Å². The number of hydrogen-bond acceptors (Lipinski definition) is 2. The SMILES string of the molecule is O=c1[nH]cc(C(=S)c2ccccc2Cl)[nH]1. The molecule has 1 aromatic heterocycles. The number of benzene rings is 1. The van der Waals surface area contributed by atoms with Gasteiger partial charge in [-0.1, -0.05) is 42.0 Å². The highest BCUT2D eigenvalue weighted by Gasteiger charge is 2.09. The number of thiocarbonyl (C=S) groups is 1. The van der Waals surface area contributed by atoms with Crippen LogP contribution in [0.4, 0.5) is 0 Å². The van der Waals surface area contributed by atoms with Crippen LogP contribution in [0.1, 0.15) is 11.3 Å². The van der Waals surface area contributed by atoms with Gasteiger partial charge < -0.3 is 9.97 Å². The molecule has 0 saturated heterocycles. The number of aromatic amines is 2. The fourth-order valence-corrected chi connectivity index (χ4v) is 1.82. The molecule has 0 aliphatic rings. The van der Waals surface area contributed by atoms with Crippen molar-refractivity contribution in [1.29, 1.82) is 0 Å². The molecule has 2 N–H and O–H groups in total. The quantitative estimate of drug-likeness (QED) is 0.622. The minimum absolute atomic E-state index is 0.278. The highest BCUT2D eigenvalue weighted by Crippen LogP contribution is 2.18. The summed E-state index contributed by atoms with van der Waals surface area (Å²) < 4.78 is 0. The molecule has 3 nitrogen and oxygen atoms in total. The van der Waals surface area contributed by atoms with Gasteiger partial charge >= 0.3 is 5.69 Å². The molecule has 0 atom stereocenters. The van der Waals surface area contributed by atoms with Crippen LogP contribution in [0.15, 0.2) is 35.3 Å². The Bertz CT molecular complexity index is 558. The molecule has 2 rings (SSSR count). The van der Waals surface area contributed by atoms with Gasteiger partial charge in [-0.15, -0.1) is 0 Å². The van der Waals surface area contributed by atoms with Gasteiger partial charge in [-0.25, -0.2) is 4.79 Å². The molecular formula is C10H7ClN2OS. The normalized spacial score (nSPS) is 10.2. The second-order valence-corrected chi connectivity index (χ2v) is 3.78. The van der Waals surface area contributed by atoms with Gasteiger partial charge in [-0.05, 0) is 6.07 Å². The Morgan fingerprint density at radius 3 is 2.67 bits per heavy atom. The summed E-state index contributed by atoms with van der Waals surface area (Å²) in [4.78, 5) is 16.5. The van der Waals surface area contributed by atoms with Crippen molar-refractivity contribution in [2.75, 3.05) is 0 Å². The van der Waals surface area contributed by atoms with Crippen molar-refractivity contribution in [1.82, 2.24) is 9.97 Å². The van der Waals surface area contributed by atoms with E-state index in [4.69, 9.17) is 23.8 Å². The number of hydrogen-bond donors (Lipinski definition) is 2. The number of aromatic nitrogens is 2. The van der Waals surface area contributed by atoms with Crippen LogP contribution in [0.5, 0.6) is 0 Å². The van der Waals surface area contributed by atoms with Crippen molar-refractivity contribution in [3.8, 4) is 0 Å². The lowest BCUT2D eigenvalue weighted by Crippen LogP contribution is -2.05. The van der Waals surface area contributed by atoms with Gasteiger partial charge in [0.05, 0.1) is 10.6 Å². The van der Waals surface area contributed by atoms with E-state index >= 15 is 0 Å². The first kappa shape index (κ1) is 10.1. The Morgan fingerprint density at radius 2 is 2.07 bits per heavy atom. The fraction of sp³-hybridized carbons (Fsp3) is 0. The van der Waals surface area contributed by atoms with E-state index in [1.165, 1.54) is 6.20 Å². The molecule has 1 aromatic carbocycles. The zero-order valence-corrected chi connectivity index (χ0v) is 9.15. The molecule has 0 saturated carbocycles. The summed E-state index contributed by atoms with van der Waals surface area (Å²) in [6.45, 7) is 0. The van der Waals surface area contributed by atoms with E-state index in [2.05, 4.69) is 9.97 Å². The lowest BCUT2D eigenvalue weighted by atomic mass is 10.1. The van der Waals surface area contributed by atoms with Crippen molar-refractivity contribution in [3.63, 3.8) is 0 Å². The molecular weight excluding hydrogens is 232 g/mol. The number of nitrogens with one attached hydrogen (secondary N) is 2. The van der Waals surface area contributed by atoms with E-state index in [1.807, 2.05) is 18.2 Å². The van der Waals surface area contributed by atoms with Crippen molar-refractivity contribution >= 4 is 28.7 Å². The minimum atomic E-state index is -0.278. The van der Waals surface area contributed by atoms with Crippen LogP contribution in [0.25, 0.3) is 0 Å². The number of halogens is 1. The molecule has 76 valence electrons. The van der Waals surface area contributed by atoms with Gasteiger partial charge in [0.15, 0.2) is 0 Å². The van der Waals surface area contributed by atoms with Gasteiger partial charge in [-0.2, -0.15) is 0 Å². The molecule has 15 heavy (non-hydrogen) atoms. The molecule has 5 heteroatoms. The molecule has 0 aliphatic heterocycles. The molecule has 0 radical (unpaired) electrons. The van der Waals surface area contributed by atoms with Crippen molar-refractivity contribution in [2.45, 2.75) is 0 Å². The molecule has 0 bridgehead atoms. The number of imidazole rings is 1. The monoisotopic (exact) mass is 238 g/mol. The Hall–Kier alpha value is -1.39. The smallest absolute Gasteiger partial charge is 0.312 e. The van der Waals surface area contributed by atoms with Crippen molar-refractivity contribution in [2.24, 2.45) is 0 Å². The van der Waals surface area contributed by atoms with Crippen LogP contribution in [0.2, 0.25) is 5.02 Å². The molecule has 0 aliphatic carbocycles. The largest absolute Gasteiger partial charge is 0.323 e. The third kappa shape index (κ3) is 2.00. The minimum Gasteiger partial charge on any atom is -0.312 e. The summed E-state index contributed by atoms with van der Waals surface area (Å²) >= 11 is 11.2. The van der Waals surface area contributed by atoms with Crippen LogP contribution >= 0.6 is 23.8 Å². The van der Waals surface area contributed by atoms with E-state index in [-0.39, 0.29) is 5.69 Å². The second kappa shape index (κ2) is 4.00. The third-order valence-corrected chi connectivity index (χ3v) is 2.73. The first-order valence-electron chi connectivity index (χ1n) is 4.25. The molecule has 1 heterocycles. The van der Waals surface area contributed by atoms with Crippen molar-refractivity contribution in [3.05, 3.63) is 57.2 Å². The molecule has 0 fully saturated rings. The van der Waals surface area contributed by atoms with Gasteiger partial charge in [-0.3, -0.25) is 0 Å². The van der Waals surface area contributed by atoms with E-state index < -0.39 is 0 Å². The molecule has 2 aromatic rings. The van der Waals surface area contributed by atoms with Crippen LogP contribution in [-0.2, 0) is 0 Å². The average Bonchev–Trinajstić information content (AvgIpc) is 2.65. The zero-order valence-electron chi connectivity index (χ0n) is 7.58. The van der Waals surface area contributed by atoms with Crippen LogP contribution in [-0.4, -0.2) is 14.8 Å². The lowest BCUT2D eigenvalue weighted by Gasteiger charge is -2.02. The highest BCUT2D eigenvalue weighted by atomic mass is 35.5. The van der Waals surface area contributed by atoms with Gasteiger partial charge in [0.25, 0.3) is 0 Å². The maximum atomic E-state index is 10.9. The maximum absolute atomic E-state index is 10.9. The third-order valence-electron chi connectivity index (χ3n) is 1.96. The predicted octanol–water partition coefficient (Wildman–Crippen LogP) is 2.12. The Balaban J connectivity index is 2.45. The van der Waals surface area contributed by atoms with E-state index in [0.717, 1.165) is 5.56 Å². The Morgan fingerprint density at radius 1 is 1.33 bits per heavy atom. The first-order chi connectivity index (χ1) is 7.18. The van der Waals surface area contributed by atoms with Crippen LogP contribution < -0.4 is 5.69 Å². The second-order valence-electron chi connectivity index (χ2n) is 2.97. The molecule has 0 amide bonds. The van der Waals surface area contributed by atoms with E-state index in [0.29, 0.717) is 15.6 Å². The summed E-state index contributed by atoms with van der Waals surface area (Å²) in [5, 5.41) is 0.574. The predicted molar refractivity (Wildman–Crippen MR) is 63.7 cm³/mol. The molecule has 0 spiro atoms. The zero-order chi connectivity index (χ0) is 10.8. The van der Waals surface area contributed by atoms with Crippen LogP contribution in [0, 0.1) is 0 Å². The van der Waals surface area contributed by atoms with E-state index in [1.54, 1.807) is 6.07 Å². The number of H-pyrrole nitrogens is 2. The summed E-state index contributed by atoms with van der Waals surface area (Å²) in [5.41, 5.74) is 1.03. The Labute approximate surface area is 96.1 Å².